The molecule has 0 spiro atoms. The second-order valence-corrected chi connectivity index (χ2v) is 6.43. The Morgan fingerprint density at radius 2 is 2.10 bits per heavy atom. The zero-order chi connectivity index (χ0) is 15.5. The van der Waals surface area contributed by atoms with Crippen LogP contribution in [0.5, 0.6) is 0 Å². The number of ether oxygens (including phenoxy) is 1. The van der Waals surface area contributed by atoms with Gasteiger partial charge in [-0.25, -0.2) is 8.42 Å². The average molecular weight is 337 g/mol. The lowest BCUT2D eigenvalue weighted by atomic mass is 10.2. The molecule has 1 aromatic carbocycles. The number of benzene rings is 1. The molecule has 0 fully saturated rings. The first-order chi connectivity index (χ1) is 9.19. The Hall–Kier alpha value is -1.22. The van der Waals surface area contributed by atoms with Crippen LogP contribution in [0.15, 0.2) is 23.1 Å². The van der Waals surface area contributed by atoms with E-state index in [-0.39, 0.29) is 14.9 Å². The molecule has 6 nitrogen and oxygen atoms in total. The number of nitrogens with one attached hydrogen (secondary N) is 1. The number of hydrogen-bond acceptors (Lipinski definition) is 5. The van der Waals surface area contributed by atoms with Crippen LogP contribution in [0.4, 0.5) is 0 Å². The molecule has 0 saturated carbocycles. The van der Waals surface area contributed by atoms with Crippen LogP contribution in [0.2, 0.25) is 5.02 Å². The Kier molecular flexibility index (Phi) is 5.46. The minimum absolute atomic E-state index is 0.0647. The summed E-state index contributed by atoms with van der Waals surface area (Å²) in [4.78, 5) is 11.2. The van der Waals surface area contributed by atoms with Crippen LogP contribution >= 0.6 is 23.8 Å². The molecular formula is C11H13ClN2O4S2. The summed E-state index contributed by atoms with van der Waals surface area (Å²) >= 11 is 10.7. The minimum Gasteiger partial charge on any atom is -0.468 e. The Bertz CT molecular complexity index is 646. The molecule has 1 aromatic rings. The van der Waals surface area contributed by atoms with E-state index in [0.717, 1.165) is 0 Å². The lowest BCUT2D eigenvalue weighted by Gasteiger charge is -2.13. The van der Waals surface area contributed by atoms with Gasteiger partial charge in [0.2, 0.25) is 10.0 Å². The normalized spacial score (nSPS) is 12.8. The van der Waals surface area contributed by atoms with E-state index in [1.54, 1.807) is 0 Å². The monoisotopic (exact) mass is 336 g/mol. The number of halogens is 1. The van der Waals surface area contributed by atoms with Crippen LogP contribution in [0.3, 0.4) is 0 Å². The second-order valence-electron chi connectivity index (χ2n) is 3.87. The van der Waals surface area contributed by atoms with E-state index in [9.17, 15) is 13.2 Å². The molecule has 1 rings (SSSR count). The second kappa shape index (κ2) is 6.49. The number of hydrogen-bond donors (Lipinski definition) is 2. The van der Waals surface area contributed by atoms with Gasteiger partial charge in [-0.3, -0.25) is 4.79 Å². The van der Waals surface area contributed by atoms with E-state index < -0.39 is 22.0 Å². The molecule has 0 amide bonds. The zero-order valence-electron chi connectivity index (χ0n) is 10.7. The van der Waals surface area contributed by atoms with Crippen molar-refractivity contribution in [3.63, 3.8) is 0 Å². The molecule has 0 aromatic heterocycles. The predicted molar refractivity (Wildman–Crippen MR) is 79.1 cm³/mol. The summed E-state index contributed by atoms with van der Waals surface area (Å²) in [7, 11) is -2.73. The number of nitrogens with two attached hydrogens (primary N) is 1. The first kappa shape index (κ1) is 16.8. The number of sulfonamides is 1. The van der Waals surface area contributed by atoms with Gasteiger partial charge in [0.25, 0.3) is 0 Å². The van der Waals surface area contributed by atoms with Gasteiger partial charge in [0, 0.05) is 5.56 Å². The van der Waals surface area contributed by atoms with Crippen LogP contribution in [-0.4, -0.2) is 32.5 Å². The summed E-state index contributed by atoms with van der Waals surface area (Å²) < 4.78 is 30.7. The van der Waals surface area contributed by atoms with Crippen molar-refractivity contribution in [3.05, 3.63) is 28.8 Å². The third-order valence-electron chi connectivity index (χ3n) is 2.40. The van der Waals surface area contributed by atoms with Crippen molar-refractivity contribution >= 4 is 44.8 Å². The summed E-state index contributed by atoms with van der Waals surface area (Å²) in [5.41, 5.74) is 5.81. The molecule has 1 atom stereocenters. The van der Waals surface area contributed by atoms with E-state index in [4.69, 9.17) is 29.6 Å². The molecule has 9 heteroatoms. The zero-order valence-corrected chi connectivity index (χ0v) is 13.1. The Balaban J connectivity index is 3.08. The lowest BCUT2D eigenvalue weighted by Crippen LogP contribution is -2.39. The maximum atomic E-state index is 12.1. The van der Waals surface area contributed by atoms with Crippen molar-refractivity contribution < 1.29 is 17.9 Å². The van der Waals surface area contributed by atoms with Gasteiger partial charge in [-0.1, -0.05) is 23.8 Å². The van der Waals surface area contributed by atoms with E-state index in [1.807, 2.05) is 0 Å². The largest absolute Gasteiger partial charge is 0.468 e. The predicted octanol–water partition coefficient (Wildman–Crippen LogP) is 0.814. The maximum absolute atomic E-state index is 12.1. The molecule has 20 heavy (non-hydrogen) atoms. The Morgan fingerprint density at radius 1 is 1.50 bits per heavy atom. The van der Waals surface area contributed by atoms with Gasteiger partial charge in [0.1, 0.15) is 11.0 Å². The van der Waals surface area contributed by atoms with Crippen LogP contribution in [0.1, 0.15) is 12.5 Å². The molecule has 0 aliphatic heterocycles. The maximum Gasteiger partial charge on any atom is 0.323 e. The topological polar surface area (TPSA) is 98.5 Å². The SMILES string of the molecule is COC(=O)C(C)NS(=O)(=O)c1ccc(C(N)=S)c(Cl)c1. The highest BCUT2D eigenvalue weighted by atomic mass is 35.5. The van der Waals surface area contributed by atoms with Gasteiger partial charge >= 0.3 is 5.97 Å². The number of rotatable bonds is 5. The van der Waals surface area contributed by atoms with E-state index in [1.165, 1.54) is 32.2 Å². The standard InChI is InChI=1S/C11H13ClN2O4S2/c1-6(11(15)18-2)14-20(16,17)7-3-4-8(10(13)19)9(12)5-7/h3-6,14H,1-2H3,(H2,13,19). The highest BCUT2D eigenvalue weighted by molar-refractivity contribution is 7.89. The highest BCUT2D eigenvalue weighted by Crippen LogP contribution is 2.21. The van der Waals surface area contributed by atoms with Gasteiger partial charge in [0.15, 0.2) is 0 Å². The van der Waals surface area contributed by atoms with Gasteiger partial charge in [-0.15, -0.1) is 0 Å². The average Bonchev–Trinajstić information content (AvgIpc) is 2.36. The van der Waals surface area contributed by atoms with E-state index >= 15 is 0 Å². The quantitative estimate of drug-likeness (QED) is 0.610. The summed E-state index contributed by atoms with van der Waals surface area (Å²) in [6.45, 7) is 1.37. The minimum atomic E-state index is -3.90. The number of thiocarbonyl (C=S) groups is 1. The van der Waals surface area contributed by atoms with Crippen LogP contribution < -0.4 is 10.5 Å². The molecular weight excluding hydrogens is 324 g/mol. The number of carbonyl (C=O) groups excluding carboxylic acids is 1. The summed E-state index contributed by atoms with van der Waals surface area (Å²) in [5.74, 6) is -0.695. The van der Waals surface area contributed by atoms with Gasteiger partial charge in [-0.2, -0.15) is 4.72 Å². The fourth-order valence-corrected chi connectivity index (χ4v) is 3.19. The number of methoxy groups -OCH3 is 1. The Labute approximate surface area is 127 Å². The van der Waals surface area contributed by atoms with Gasteiger partial charge in [0.05, 0.1) is 17.0 Å². The van der Waals surface area contributed by atoms with Crippen molar-refractivity contribution in [2.75, 3.05) is 7.11 Å². The number of carbonyl (C=O) groups is 1. The molecule has 0 radical (unpaired) electrons. The molecule has 0 bridgehead atoms. The van der Waals surface area contributed by atoms with Crippen molar-refractivity contribution in [3.8, 4) is 0 Å². The first-order valence-electron chi connectivity index (χ1n) is 5.38. The van der Waals surface area contributed by atoms with Crippen molar-refractivity contribution in [2.24, 2.45) is 5.73 Å². The van der Waals surface area contributed by atoms with Crippen LogP contribution in [0, 0.1) is 0 Å². The Morgan fingerprint density at radius 3 is 2.55 bits per heavy atom. The molecule has 110 valence electrons. The summed E-state index contributed by atoms with van der Waals surface area (Å²) in [5, 5.41) is 0.117. The fraction of sp³-hybridized carbons (Fsp3) is 0.273. The van der Waals surface area contributed by atoms with Crippen molar-refractivity contribution in [1.29, 1.82) is 0 Å². The third-order valence-corrected chi connectivity index (χ3v) is 4.47. The molecule has 0 saturated heterocycles. The molecule has 0 heterocycles. The third kappa shape index (κ3) is 3.89. The molecule has 3 N–H and O–H groups in total. The smallest absolute Gasteiger partial charge is 0.323 e. The van der Waals surface area contributed by atoms with E-state index in [2.05, 4.69) is 9.46 Å². The molecule has 0 aliphatic carbocycles. The highest BCUT2D eigenvalue weighted by Gasteiger charge is 2.23. The number of esters is 1. The lowest BCUT2D eigenvalue weighted by molar-refractivity contribution is -0.142. The van der Waals surface area contributed by atoms with Gasteiger partial charge in [-0.05, 0) is 25.1 Å². The van der Waals surface area contributed by atoms with Crippen LogP contribution in [-0.2, 0) is 19.6 Å². The fourth-order valence-electron chi connectivity index (χ4n) is 1.39. The summed E-state index contributed by atoms with van der Waals surface area (Å²) in [6, 6.07) is 2.90. The van der Waals surface area contributed by atoms with Crippen molar-refractivity contribution in [1.82, 2.24) is 4.72 Å². The first-order valence-corrected chi connectivity index (χ1v) is 7.65. The van der Waals surface area contributed by atoms with Gasteiger partial charge < -0.3 is 10.5 Å². The summed E-state index contributed by atoms with van der Waals surface area (Å²) in [6.07, 6.45) is 0. The van der Waals surface area contributed by atoms with Crippen LogP contribution in [0.25, 0.3) is 0 Å². The molecule has 0 aliphatic rings. The van der Waals surface area contributed by atoms with Crippen molar-refractivity contribution in [2.45, 2.75) is 17.9 Å². The molecule has 1 unspecified atom stereocenters. The van der Waals surface area contributed by atoms with E-state index in [0.29, 0.717) is 5.56 Å².